The van der Waals surface area contributed by atoms with E-state index in [-0.39, 0.29) is 0 Å². The summed E-state index contributed by atoms with van der Waals surface area (Å²) in [5.74, 6) is 0.909. The molecule has 0 saturated heterocycles. The first-order valence-electron chi connectivity index (χ1n) is 9.21. The van der Waals surface area contributed by atoms with Gasteiger partial charge in [0.15, 0.2) is 5.11 Å². The topological polar surface area (TPSA) is 32.9 Å². The van der Waals surface area contributed by atoms with Crippen LogP contribution in [0, 0.1) is 6.92 Å². The molecule has 0 unspecified atom stereocenters. The van der Waals surface area contributed by atoms with Crippen LogP contribution in [0.2, 0.25) is 5.02 Å². The number of aryl methyl sites for hydroxylation is 1. The molecule has 4 nitrogen and oxygen atoms in total. The van der Waals surface area contributed by atoms with Crippen LogP contribution in [0.1, 0.15) is 31.6 Å². The van der Waals surface area contributed by atoms with Gasteiger partial charge in [0.1, 0.15) is 5.76 Å². The third kappa shape index (κ3) is 6.31. The van der Waals surface area contributed by atoms with Gasteiger partial charge in [-0.15, -0.1) is 0 Å². The molecule has 1 heterocycles. The molecular formula is C20H29ClN3OS+. The Bertz CT molecular complexity index is 686. The number of quaternary nitrogens is 1. The van der Waals surface area contributed by atoms with Crippen LogP contribution in [0.5, 0.6) is 0 Å². The number of rotatable bonds is 9. The molecule has 0 aliphatic rings. The predicted molar refractivity (Wildman–Crippen MR) is 113 cm³/mol. The molecule has 0 spiro atoms. The van der Waals surface area contributed by atoms with Crippen molar-refractivity contribution in [3.63, 3.8) is 0 Å². The molecule has 26 heavy (non-hydrogen) atoms. The van der Waals surface area contributed by atoms with Crippen molar-refractivity contribution in [2.75, 3.05) is 31.5 Å². The van der Waals surface area contributed by atoms with E-state index in [2.05, 4.69) is 24.1 Å². The maximum atomic E-state index is 6.23. The maximum Gasteiger partial charge on any atom is 0.173 e. The van der Waals surface area contributed by atoms with Gasteiger partial charge in [-0.2, -0.15) is 0 Å². The lowest BCUT2D eigenvalue weighted by Gasteiger charge is -2.26. The molecule has 0 aliphatic heterocycles. The van der Waals surface area contributed by atoms with Crippen LogP contribution >= 0.6 is 23.8 Å². The second-order valence-corrected chi connectivity index (χ2v) is 7.25. The van der Waals surface area contributed by atoms with Gasteiger partial charge < -0.3 is 19.5 Å². The third-order valence-electron chi connectivity index (χ3n) is 4.60. The fourth-order valence-corrected chi connectivity index (χ4v) is 3.29. The van der Waals surface area contributed by atoms with Gasteiger partial charge in [0, 0.05) is 23.7 Å². The highest BCUT2D eigenvalue weighted by Gasteiger charge is 2.14. The summed E-state index contributed by atoms with van der Waals surface area (Å²) in [6, 6.07) is 9.79. The first-order chi connectivity index (χ1) is 12.5. The van der Waals surface area contributed by atoms with Crippen molar-refractivity contribution in [2.45, 2.75) is 33.7 Å². The lowest BCUT2D eigenvalue weighted by atomic mass is 10.2. The molecule has 142 valence electrons. The number of thiocarbonyl (C=S) groups is 1. The van der Waals surface area contributed by atoms with Gasteiger partial charge in [0.2, 0.25) is 0 Å². The lowest BCUT2D eigenvalue weighted by molar-refractivity contribution is -0.896. The highest BCUT2D eigenvalue weighted by Crippen LogP contribution is 2.20. The van der Waals surface area contributed by atoms with Gasteiger partial charge in [-0.3, -0.25) is 0 Å². The standard InChI is InChI=1S/C20H28ClN3OS/c1-4-23(5-2)11-7-12-24(15-18-8-6-13-25-18)20(26)22-17-10-9-16(3)19(21)14-17/h6,8-10,13-14H,4-5,7,11-12,15H2,1-3H3,(H,22,26)/p+1. The van der Waals surface area contributed by atoms with E-state index in [0.717, 1.165) is 54.6 Å². The zero-order valence-corrected chi connectivity index (χ0v) is 17.4. The van der Waals surface area contributed by atoms with E-state index in [1.807, 2.05) is 37.3 Å². The fourth-order valence-electron chi connectivity index (χ4n) is 2.84. The van der Waals surface area contributed by atoms with Crippen LogP contribution in [-0.4, -0.2) is 36.2 Å². The van der Waals surface area contributed by atoms with Crippen molar-refractivity contribution in [3.8, 4) is 0 Å². The summed E-state index contributed by atoms with van der Waals surface area (Å²) in [5.41, 5.74) is 1.96. The van der Waals surface area contributed by atoms with E-state index >= 15 is 0 Å². The first kappa shape index (κ1) is 20.7. The van der Waals surface area contributed by atoms with Gasteiger partial charge in [-0.05, 0) is 62.8 Å². The minimum Gasteiger partial charge on any atom is -0.467 e. The molecule has 1 aromatic carbocycles. The lowest BCUT2D eigenvalue weighted by Crippen LogP contribution is -3.11. The van der Waals surface area contributed by atoms with E-state index in [9.17, 15) is 0 Å². The van der Waals surface area contributed by atoms with E-state index in [0.29, 0.717) is 11.7 Å². The molecule has 2 N–H and O–H groups in total. The summed E-state index contributed by atoms with van der Waals surface area (Å²) in [4.78, 5) is 3.76. The Morgan fingerprint density at radius 3 is 2.65 bits per heavy atom. The molecule has 0 atom stereocenters. The Kier molecular flexibility index (Phi) is 8.42. The van der Waals surface area contributed by atoms with E-state index in [1.54, 1.807) is 11.2 Å². The number of benzene rings is 1. The van der Waals surface area contributed by atoms with Gasteiger partial charge >= 0.3 is 0 Å². The molecule has 1 aromatic heterocycles. The smallest absolute Gasteiger partial charge is 0.173 e. The normalized spacial score (nSPS) is 11.0. The van der Waals surface area contributed by atoms with Gasteiger partial charge in [-0.1, -0.05) is 17.7 Å². The summed E-state index contributed by atoms with van der Waals surface area (Å²) in [6.07, 6.45) is 2.78. The quantitative estimate of drug-likeness (QED) is 0.634. The average molecular weight is 395 g/mol. The summed E-state index contributed by atoms with van der Waals surface area (Å²) >= 11 is 11.9. The number of nitrogens with one attached hydrogen (secondary N) is 2. The highest BCUT2D eigenvalue weighted by atomic mass is 35.5. The van der Waals surface area contributed by atoms with Crippen molar-refractivity contribution >= 4 is 34.6 Å². The number of nitrogens with zero attached hydrogens (tertiary/aromatic N) is 1. The Labute approximate surface area is 167 Å². The molecule has 0 aliphatic carbocycles. The molecular weight excluding hydrogens is 366 g/mol. The Hall–Kier alpha value is -1.56. The third-order valence-corrected chi connectivity index (χ3v) is 5.36. The first-order valence-corrected chi connectivity index (χ1v) is 10.00. The molecule has 0 radical (unpaired) electrons. The molecule has 2 rings (SSSR count). The molecule has 0 bridgehead atoms. The highest BCUT2D eigenvalue weighted by molar-refractivity contribution is 7.80. The summed E-state index contributed by atoms with van der Waals surface area (Å²) in [6.45, 7) is 11.4. The van der Waals surface area contributed by atoms with Crippen molar-refractivity contribution < 1.29 is 9.32 Å². The Morgan fingerprint density at radius 2 is 2.04 bits per heavy atom. The average Bonchev–Trinajstić information content (AvgIpc) is 3.14. The minimum atomic E-state index is 0.659. The van der Waals surface area contributed by atoms with Crippen LogP contribution in [0.15, 0.2) is 41.0 Å². The molecule has 0 fully saturated rings. The largest absolute Gasteiger partial charge is 0.467 e. The molecule has 0 saturated carbocycles. The van der Waals surface area contributed by atoms with Crippen LogP contribution in [0.25, 0.3) is 0 Å². The molecule has 6 heteroatoms. The zero-order chi connectivity index (χ0) is 18.9. The van der Waals surface area contributed by atoms with E-state index in [1.165, 1.54) is 0 Å². The second-order valence-electron chi connectivity index (χ2n) is 6.46. The molecule has 0 amide bonds. The Balaban J connectivity index is 2.01. The number of furan rings is 1. The van der Waals surface area contributed by atoms with Crippen molar-refractivity contribution in [1.29, 1.82) is 0 Å². The van der Waals surface area contributed by atoms with E-state index in [4.69, 9.17) is 28.2 Å². The summed E-state index contributed by atoms with van der Waals surface area (Å²) < 4.78 is 5.51. The maximum absolute atomic E-state index is 6.23. The number of anilines is 1. The van der Waals surface area contributed by atoms with Crippen LogP contribution < -0.4 is 10.2 Å². The van der Waals surface area contributed by atoms with Gasteiger partial charge in [0.25, 0.3) is 0 Å². The van der Waals surface area contributed by atoms with Crippen LogP contribution in [-0.2, 0) is 6.54 Å². The minimum absolute atomic E-state index is 0.659. The number of hydrogen-bond acceptors (Lipinski definition) is 2. The van der Waals surface area contributed by atoms with Crippen molar-refractivity contribution in [2.24, 2.45) is 0 Å². The zero-order valence-electron chi connectivity index (χ0n) is 15.8. The molecule has 2 aromatic rings. The van der Waals surface area contributed by atoms with Crippen molar-refractivity contribution in [1.82, 2.24) is 4.90 Å². The number of hydrogen-bond donors (Lipinski definition) is 2. The number of halogens is 1. The summed E-state index contributed by atoms with van der Waals surface area (Å²) in [5, 5.41) is 4.74. The van der Waals surface area contributed by atoms with Crippen LogP contribution in [0.4, 0.5) is 5.69 Å². The Morgan fingerprint density at radius 1 is 1.27 bits per heavy atom. The van der Waals surface area contributed by atoms with E-state index < -0.39 is 0 Å². The second kappa shape index (κ2) is 10.6. The van der Waals surface area contributed by atoms with Gasteiger partial charge in [0.05, 0.1) is 32.4 Å². The van der Waals surface area contributed by atoms with Crippen LogP contribution in [0.3, 0.4) is 0 Å². The fraction of sp³-hybridized carbons (Fsp3) is 0.450. The summed E-state index contributed by atoms with van der Waals surface area (Å²) in [7, 11) is 0. The van der Waals surface area contributed by atoms with Gasteiger partial charge in [-0.25, -0.2) is 0 Å². The SMILES string of the molecule is CC[NH+](CC)CCCN(Cc1ccco1)C(=S)Nc1ccc(C)c(Cl)c1. The monoisotopic (exact) mass is 394 g/mol. The predicted octanol–water partition coefficient (Wildman–Crippen LogP) is 3.76. The van der Waals surface area contributed by atoms with Crippen molar-refractivity contribution in [3.05, 3.63) is 52.9 Å².